The standard InChI is InChI=1S/C23H25FN2O5/c1-25(2)11-12-26-20(17-13-16(30-3)9-10-18(17)31-4)19(22(28)23(26)29)21(27)14-5-7-15(24)8-6-14/h5-10,13,20,27H,11-12H2,1-4H3/b21-19+/t20-/m1/s1. The zero-order valence-electron chi connectivity index (χ0n) is 17.9. The number of likely N-dealkylation sites (tertiary alicyclic amines) is 1. The topological polar surface area (TPSA) is 79.3 Å². The number of ether oxygens (including phenoxy) is 2. The average Bonchev–Trinajstić information content (AvgIpc) is 3.01. The lowest BCUT2D eigenvalue weighted by Gasteiger charge is -2.28. The summed E-state index contributed by atoms with van der Waals surface area (Å²) < 4.78 is 24.2. The first-order valence-corrected chi connectivity index (χ1v) is 9.69. The number of Topliss-reactive ketones (excluding diaryl/α,β-unsaturated/α-hetero) is 1. The van der Waals surface area contributed by atoms with Crippen LogP contribution in [0.15, 0.2) is 48.0 Å². The predicted molar refractivity (Wildman–Crippen MR) is 114 cm³/mol. The molecule has 3 rings (SSSR count). The number of hydrogen-bond donors (Lipinski definition) is 1. The predicted octanol–water partition coefficient (Wildman–Crippen LogP) is 2.83. The van der Waals surface area contributed by atoms with E-state index in [1.54, 1.807) is 18.2 Å². The monoisotopic (exact) mass is 428 g/mol. The molecule has 1 N–H and O–H groups in total. The molecule has 0 aromatic heterocycles. The summed E-state index contributed by atoms with van der Waals surface area (Å²) in [4.78, 5) is 29.2. The molecule has 0 spiro atoms. The fourth-order valence-corrected chi connectivity index (χ4v) is 3.56. The Hall–Kier alpha value is -3.39. The highest BCUT2D eigenvalue weighted by Gasteiger charge is 2.47. The Morgan fingerprint density at radius 3 is 2.35 bits per heavy atom. The van der Waals surface area contributed by atoms with E-state index in [9.17, 15) is 19.1 Å². The van der Waals surface area contributed by atoms with Crippen molar-refractivity contribution in [2.45, 2.75) is 6.04 Å². The van der Waals surface area contributed by atoms with Gasteiger partial charge in [-0.05, 0) is 56.6 Å². The number of rotatable bonds is 7. The molecule has 1 fully saturated rings. The number of carbonyl (C=O) groups is 2. The Bertz CT molecular complexity index is 1020. The molecule has 2 aromatic rings. The largest absolute Gasteiger partial charge is 0.507 e. The van der Waals surface area contributed by atoms with Gasteiger partial charge in [0.1, 0.15) is 23.1 Å². The van der Waals surface area contributed by atoms with E-state index in [1.807, 2.05) is 19.0 Å². The molecule has 1 heterocycles. The zero-order valence-corrected chi connectivity index (χ0v) is 17.9. The quantitative estimate of drug-likeness (QED) is 0.415. The fourth-order valence-electron chi connectivity index (χ4n) is 3.56. The first-order chi connectivity index (χ1) is 14.8. The van der Waals surface area contributed by atoms with Crippen molar-refractivity contribution in [3.63, 3.8) is 0 Å². The summed E-state index contributed by atoms with van der Waals surface area (Å²) in [5.41, 5.74) is 0.657. The van der Waals surface area contributed by atoms with Gasteiger partial charge < -0.3 is 24.4 Å². The number of aliphatic hydroxyl groups excluding tert-OH is 1. The third kappa shape index (κ3) is 4.39. The number of methoxy groups -OCH3 is 2. The van der Waals surface area contributed by atoms with E-state index in [-0.39, 0.29) is 23.4 Å². The molecule has 0 bridgehead atoms. The second-order valence-corrected chi connectivity index (χ2v) is 7.41. The van der Waals surface area contributed by atoms with Crippen molar-refractivity contribution >= 4 is 17.4 Å². The zero-order chi connectivity index (χ0) is 22.7. The summed E-state index contributed by atoms with van der Waals surface area (Å²) in [7, 11) is 6.71. The Morgan fingerprint density at radius 1 is 1.10 bits per heavy atom. The van der Waals surface area contributed by atoms with Crippen LogP contribution in [0.2, 0.25) is 0 Å². The minimum absolute atomic E-state index is 0.0816. The summed E-state index contributed by atoms with van der Waals surface area (Å²) in [6.45, 7) is 0.759. The van der Waals surface area contributed by atoms with Gasteiger partial charge >= 0.3 is 0 Å². The highest BCUT2D eigenvalue weighted by Crippen LogP contribution is 2.43. The Morgan fingerprint density at radius 2 is 1.77 bits per heavy atom. The second kappa shape index (κ2) is 9.18. The van der Waals surface area contributed by atoms with Gasteiger partial charge in [-0.1, -0.05) is 0 Å². The highest BCUT2D eigenvalue weighted by molar-refractivity contribution is 6.46. The molecule has 0 aliphatic carbocycles. The maximum atomic E-state index is 13.4. The van der Waals surface area contributed by atoms with Crippen molar-refractivity contribution in [1.82, 2.24) is 9.80 Å². The number of ketones is 1. The third-order valence-electron chi connectivity index (χ3n) is 5.18. The third-order valence-corrected chi connectivity index (χ3v) is 5.18. The number of likely N-dealkylation sites (N-methyl/N-ethyl adjacent to an activating group) is 1. The molecular formula is C23H25FN2O5. The number of amides is 1. The van der Waals surface area contributed by atoms with E-state index in [0.29, 0.717) is 23.6 Å². The number of hydrogen-bond acceptors (Lipinski definition) is 6. The molecule has 31 heavy (non-hydrogen) atoms. The van der Waals surface area contributed by atoms with Crippen LogP contribution in [0.5, 0.6) is 11.5 Å². The molecule has 1 saturated heterocycles. The molecule has 0 unspecified atom stereocenters. The summed E-state index contributed by atoms with van der Waals surface area (Å²) in [5, 5.41) is 11.0. The molecule has 7 nitrogen and oxygen atoms in total. The van der Waals surface area contributed by atoms with Crippen LogP contribution in [-0.2, 0) is 9.59 Å². The summed E-state index contributed by atoms with van der Waals surface area (Å²) in [5.74, 6) is -1.44. The second-order valence-electron chi connectivity index (χ2n) is 7.41. The van der Waals surface area contributed by atoms with Crippen LogP contribution in [0.1, 0.15) is 17.2 Å². The molecule has 8 heteroatoms. The Labute approximate surface area is 180 Å². The molecule has 1 aliphatic rings. The smallest absolute Gasteiger partial charge is 0.295 e. The van der Waals surface area contributed by atoms with Crippen LogP contribution in [0, 0.1) is 5.82 Å². The molecule has 0 saturated carbocycles. The molecule has 0 radical (unpaired) electrons. The van der Waals surface area contributed by atoms with Gasteiger partial charge in [0.2, 0.25) is 0 Å². The summed E-state index contributed by atoms with van der Waals surface area (Å²) in [6.07, 6.45) is 0. The van der Waals surface area contributed by atoms with E-state index in [1.165, 1.54) is 43.4 Å². The number of carbonyl (C=O) groups excluding carboxylic acids is 2. The SMILES string of the molecule is COc1ccc(OC)c([C@@H]2/C(=C(\O)c3ccc(F)cc3)C(=O)C(=O)N2CCN(C)C)c1. The first kappa shape index (κ1) is 22.3. The van der Waals surface area contributed by atoms with Crippen molar-refractivity contribution in [3.8, 4) is 11.5 Å². The minimum atomic E-state index is -0.893. The maximum absolute atomic E-state index is 13.4. The van der Waals surface area contributed by atoms with E-state index in [0.717, 1.165) is 0 Å². The van der Waals surface area contributed by atoms with Crippen molar-refractivity contribution in [3.05, 3.63) is 65.0 Å². The number of halogens is 1. The molecule has 164 valence electrons. The fraction of sp³-hybridized carbons (Fsp3) is 0.304. The van der Waals surface area contributed by atoms with Gasteiger partial charge in [0.25, 0.3) is 11.7 Å². The normalized spacial score (nSPS) is 18.0. The van der Waals surface area contributed by atoms with Crippen LogP contribution in [0.3, 0.4) is 0 Å². The van der Waals surface area contributed by atoms with Crippen molar-refractivity contribution in [2.24, 2.45) is 0 Å². The Balaban J connectivity index is 2.23. The van der Waals surface area contributed by atoms with Crippen LogP contribution < -0.4 is 9.47 Å². The van der Waals surface area contributed by atoms with Gasteiger partial charge in [-0.3, -0.25) is 9.59 Å². The van der Waals surface area contributed by atoms with Crippen LogP contribution >= 0.6 is 0 Å². The van der Waals surface area contributed by atoms with Crippen molar-refractivity contribution in [2.75, 3.05) is 41.4 Å². The number of nitrogens with zero attached hydrogens (tertiary/aromatic N) is 2. The highest BCUT2D eigenvalue weighted by atomic mass is 19.1. The molecule has 1 atom stereocenters. The van der Waals surface area contributed by atoms with Gasteiger partial charge in [0.05, 0.1) is 25.8 Å². The van der Waals surface area contributed by atoms with Crippen LogP contribution in [-0.4, -0.2) is 68.0 Å². The van der Waals surface area contributed by atoms with Gasteiger partial charge in [0.15, 0.2) is 0 Å². The molecule has 1 amide bonds. The van der Waals surface area contributed by atoms with Gasteiger partial charge in [0, 0.05) is 24.2 Å². The molecule has 1 aliphatic heterocycles. The molecule has 2 aromatic carbocycles. The summed E-state index contributed by atoms with van der Waals surface area (Å²) in [6, 6.07) is 9.24. The number of benzene rings is 2. The lowest BCUT2D eigenvalue weighted by Crippen LogP contribution is -2.35. The van der Waals surface area contributed by atoms with Gasteiger partial charge in [-0.2, -0.15) is 0 Å². The van der Waals surface area contributed by atoms with Crippen LogP contribution in [0.4, 0.5) is 4.39 Å². The van der Waals surface area contributed by atoms with Crippen LogP contribution in [0.25, 0.3) is 5.76 Å². The van der Waals surface area contributed by atoms with E-state index >= 15 is 0 Å². The van der Waals surface area contributed by atoms with E-state index < -0.39 is 23.5 Å². The summed E-state index contributed by atoms with van der Waals surface area (Å²) >= 11 is 0. The average molecular weight is 428 g/mol. The maximum Gasteiger partial charge on any atom is 0.295 e. The first-order valence-electron chi connectivity index (χ1n) is 9.69. The minimum Gasteiger partial charge on any atom is -0.507 e. The Kier molecular flexibility index (Phi) is 6.60. The van der Waals surface area contributed by atoms with Crippen molar-refractivity contribution in [1.29, 1.82) is 0 Å². The van der Waals surface area contributed by atoms with Gasteiger partial charge in [-0.15, -0.1) is 0 Å². The lowest BCUT2D eigenvalue weighted by atomic mass is 9.94. The van der Waals surface area contributed by atoms with E-state index in [2.05, 4.69) is 0 Å². The van der Waals surface area contributed by atoms with Gasteiger partial charge in [-0.25, -0.2) is 4.39 Å². The molecular weight excluding hydrogens is 403 g/mol. The van der Waals surface area contributed by atoms with Crippen molar-refractivity contribution < 1.29 is 28.6 Å². The number of aliphatic hydroxyl groups is 1. The lowest BCUT2D eigenvalue weighted by molar-refractivity contribution is -0.140. The van der Waals surface area contributed by atoms with E-state index in [4.69, 9.17) is 9.47 Å².